The summed E-state index contributed by atoms with van der Waals surface area (Å²) in [6.45, 7) is 6.17. The summed E-state index contributed by atoms with van der Waals surface area (Å²) in [7, 11) is 1.79. The number of nitrogens with zero attached hydrogens (tertiary/aromatic N) is 2. The molecule has 130 valence electrons. The van der Waals surface area contributed by atoms with Crippen molar-refractivity contribution in [2.75, 3.05) is 40.0 Å². The van der Waals surface area contributed by atoms with E-state index >= 15 is 0 Å². The van der Waals surface area contributed by atoms with Crippen LogP contribution in [0.4, 0.5) is 0 Å². The van der Waals surface area contributed by atoms with Crippen molar-refractivity contribution < 1.29 is 9.47 Å². The topological polar surface area (TPSA) is 67.8 Å². The Morgan fingerprint density at radius 2 is 2.17 bits per heavy atom. The summed E-state index contributed by atoms with van der Waals surface area (Å²) in [6.07, 6.45) is 4.31. The molecular weight excluding hydrogens is 312 g/mol. The van der Waals surface area contributed by atoms with Crippen molar-refractivity contribution in [1.82, 2.24) is 15.6 Å². The van der Waals surface area contributed by atoms with Gasteiger partial charge < -0.3 is 20.1 Å². The molecule has 1 saturated heterocycles. The van der Waals surface area contributed by atoms with E-state index in [0.717, 1.165) is 75.3 Å². The molecule has 2 heterocycles. The number of thiazole rings is 1. The first-order valence-corrected chi connectivity index (χ1v) is 9.21. The molecule has 7 heteroatoms. The van der Waals surface area contributed by atoms with E-state index in [1.807, 2.05) is 6.92 Å². The average Bonchev–Trinajstić information content (AvgIpc) is 2.99. The maximum absolute atomic E-state index is 5.85. The number of hydrogen-bond acceptors (Lipinski definition) is 5. The van der Waals surface area contributed by atoms with Crippen LogP contribution in [0.5, 0.6) is 0 Å². The summed E-state index contributed by atoms with van der Waals surface area (Å²) < 4.78 is 11.2. The Morgan fingerprint density at radius 1 is 1.39 bits per heavy atom. The monoisotopic (exact) mass is 340 g/mol. The van der Waals surface area contributed by atoms with Crippen LogP contribution >= 0.6 is 11.3 Å². The van der Waals surface area contributed by atoms with Crippen LogP contribution in [0, 0.1) is 6.92 Å². The maximum atomic E-state index is 5.85. The van der Waals surface area contributed by atoms with Gasteiger partial charge in [0.15, 0.2) is 5.96 Å². The molecule has 1 fully saturated rings. The summed E-state index contributed by atoms with van der Waals surface area (Å²) in [6, 6.07) is 0. The quantitative estimate of drug-likeness (QED) is 0.429. The minimum absolute atomic E-state index is 0.378. The molecule has 1 aliphatic rings. The Morgan fingerprint density at radius 3 is 2.87 bits per heavy atom. The second-order valence-electron chi connectivity index (χ2n) is 5.57. The lowest BCUT2D eigenvalue weighted by atomic mass is 10.1. The van der Waals surface area contributed by atoms with E-state index in [9.17, 15) is 0 Å². The predicted octanol–water partition coefficient (Wildman–Crippen LogP) is 1.74. The Bertz CT molecular complexity index is 472. The molecular formula is C16H28N4O2S. The van der Waals surface area contributed by atoms with Gasteiger partial charge in [-0.3, -0.25) is 4.99 Å². The van der Waals surface area contributed by atoms with Crippen molar-refractivity contribution in [1.29, 1.82) is 0 Å². The van der Waals surface area contributed by atoms with Crippen molar-refractivity contribution in [2.24, 2.45) is 4.99 Å². The van der Waals surface area contributed by atoms with E-state index in [2.05, 4.69) is 26.0 Å². The van der Waals surface area contributed by atoms with Gasteiger partial charge in [0.1, 0.15) is 0 Å². The van der Waals surface area contributed by atoms with Crippen molar-refractivity contribution in [3.63, 3.8) is 0 Å². The van der Waals surface area contributed by atoms with Gasteiger partial charge in [-0.1, -0.05) is 0 Å². The second-order valence-corrected chi connectivity index (χ2v) is 6.63. The van der Waals surface area contributed by atoms with Crippen LogP contribution in [-0.4, -0.2) is 57.0 Å². The van der Waals surface area contributed by atoms with Crippen molar-refractivity contribution in [3.05, 3.63) is 16.1 Å². The lowest BCUT2D eigenvalue weighted by Gasteiger charge is -2.22. The zero-order valence-corrected chi connectivity index (χ0v) is 15.0. The van der Waals surface area contributed by atoms with Gasteiger partial charge in [0, 0.05) is 51.8 Å². The molecule has 0 unspecified atom stereocenters. The number of nitrogens with one attached hydrogen (secondary N) is 2. The van der Waals surface area contributed by atoms with Gasteiger partial charge in [-0.15, -0.1) is 11.3 Å². The van der Waals surface area contributed by atoms with Crippen LogP contribution in [0.3, 0.4) is 0 Å². The van der Waals surface area contributed by atoms with E-state index in [1.165, 1.54) is 0 Å². The smallest absolute Gasteiger partial charge is 0.190 e. The molecule has 0 amide bonds. The first-order chi connectivity index (χ1) is 11.3. The third-order valence-electron chi connectivity index (χ3n) is 3.70. The Labute approximate surface area is 142 Å². The fraction of sp³-hybridized carbons (Fsp3) is 0.750. The van der Waals surface area contributed by atoms with E-state index in [1.54, 1.807) is 18.4 Å². The first-order valence-electron chi connectivity index (χ1n) is 8.33. The van der Waals surface area contributed by atoms with Gasteiger partial charge in [0.2, 0.25) is 0 Å². The molecule has 0 bridgehead atoms. The number of aryl methyl sites for hydroxylation is 1. The van der Waals surface area contributed by atoms with Gasteiger partial charge >= 0.3 is 0 Å². The zero-order chi connectivity index (χ0) is 16.3. The number of rotatable bonds is 8. The van der Waals surface area contributed by atoms with E-state index in [-0.39, 0.29) is 0 Å². The van der Waals surface area contributed by atoms with Crippen LogP contribution in [-0.2, 0) is 15.9 Å². The summed E-state index contributed by atoms with van der Waals surface area (Å²) in [5.41, 5.74) is 1.14. The number of aromatic nitrogens is 1. The molecule has 0 aromatic carbocycles. The molecule has 0 aliphatic carbocycles. The van der Waals surface area contributed by atoms with Gasteiger partial charge in [-0.25, -0.2) is 4.98 Å². The molecule has 0 spiro atoms. The number of ether oxygens (including phenoxy) is 2. The highest BCUT2D eigenvalue weighted by molar-refractivity contribution is 7.09. The summed E-state index contributed by atoms with van der Waals surface area (Å²) in [5, 5.41) is 9.86. The molecule has 1 aromatic heterocycles. The minimum Gasteiger partial charge on any atom is -0.381 e. The molecule has 0 radical (unpaired) electrons. The van der Waals surface area contributed by atoms with Gasteiger partial charge in [-0.2, -0.15) is 0 Å². The Balaban J connectivity index is 1.50. The molecule has 2 rings (SSSR count). The van der Waals surface area contributed by atoms with Crippen molar-refractivity contribution in [3.8, 4) is 0 Å². The summed E-state index contributed by atoms with van der Waals surface area (Å²) in [4.78, 5) is 8.69. The lowest BCUT2D eigenvalue weighted by Crippen LogP contribution is -2.39. The molecule has 2 N–H and O–H groups in total. The molecule has 0 atom stereocenters. The van der Waals surface area contributed by atoms with E-state index in [4.69, 9.17) is 9.47 Å². The molecule has 6 nitrogen and oxygen atoms in total. The molecule has 1 aliphatic heterocycles. The summed E-state index contributed by atoms with van der Waals surface area (Å²) in [5.74, 6) is 0.836. The standard InChI is InChI=1S/C16H28N4O2S/c1-13-20-14(12-23-13)4-8-19-16(17-2)18-7-3-9-22-15-5-10-21-11-6-15/h12,15H,3-11H2,1-2H3,(H2,17,18,19). The normalized spacial score (nSPS) is 16.5. The zero-order valence-electron chi connectivity index (χ0n) is 14.1. The summed E-state index contributed by atoms with van der Waals surface area (Å²) >= 11 is 1.69. The van der Waals surface area contributed by atoms with E-state index < -0.39 is 0 Å². The van der Waals surface area contributed by atoms with Crippen LogP contribution in [0.15, 0.2) is 10.4 Å². The second kappa shape index (κ2) is 10.6. The SMILES string of the molecule is CN=C(NCCCOC1CCOCC1)NCCc1csc(C)n1. The third kappa shape index (κ3) is 7.28. The van der Waals surface area contributed by atoms with Crippen LogP contribution in [0.2, 0.25) is 0 Å². The number of aliphatic imine (C=N–C) groups is 1. The van der Waals surface area contributed by atoms with Crippen LogP contribution in [0.1, 0.15) is 30.0 Å². The predicted molar refractivity (Wildman–Crippen MR) is 94.3 cm³/mol. The highest BCUT2D eigenvalue weighted by atomic mass is 32.1. The highest BCUT2D eigenvalue weighted by Gasteiger charge is 2.13. The third-order valence-corrected chi connectivity index (χ3v) is 4.52. The fourth-order valence-electron chi connectivity index (χ4n) is 2.42. The minimum atomic E-state index is 0.378. The highest BCUT2D eigenvalue weighted by Crippen LogP contribution is 2.10. The van der Waals surface area contributed by atoms with Crippen LogP contribution < -0.4 is 10.6 Å². The Hall–Kier alpha value is -1.18. The maximum Gasteiger partial charge on any atom is 0.190 e. The van der Waals surface area contributed by atoms with E-state index in [0.29, 0.717) is 6.10 Å². The number of guanidine groups is 1. The first kappa shape index (κ1) is 18.2. The molecule has 1 aromatic rings. The van der Waals surface area contributed by atoms with Gasteiger partial charge in [0.25, 0.3) is 0 Å². The lowest BCUT2D eigenvalue weighted by molar-refractivity contribution is -0.0320. The van der Waals surface area contributed by atoms with Gasteiger partial charge in [0.05, 0.1) is 16.8 Å². The number of hydrogen-bond donors (Lipinski definition) is 2. The van der Waals surface area contributed by atoms with Crippen LogP contribution in [0.25, 0.3) is 0 Å². The molecule has 23 heavy (non-hydrogen) atoms. The van der Waals surface area contributed by atoms with Crippen molar-refractivity contribution >= 4 is 17.3 Å². The fourth-order valence-corrected chi connectivity index (χ4v) is 3.07. The Kier molecular flexibility index (Phi) is 8.35. The largest absolute Gasteiger partial charge is 0.381 e. The van der Waals surface area contributed by atoms with Gasteiger partial charge in [-0.05, 0) is 26.2 Å². The molecule has 0 saturated carbocycles. The average molecular weight is 340 g/mol. The van der Waals surface area contributed by atoms with Crippen molar-refractivity contribution in [2.45, 2.75) is 38.7 Å².